The molecule has 0 aliphatic carbocycles. The summed E-state index contributed by atoms with van der Waals surface area (Å²) in [4.78, 5) is 13.7. The molecule has 3 nitrogen and oxygen atoms in total. The van der Waals surface area contributed by atoms with E-state index in [1.165, 1.54) is 12.3 Å². The van der Waals surface area contributed by atoms with Crippen LogP contribution in [0.25, 0.3) is 11.1 Å². The molecule has 0 bridgehead atoms. The van der Waals surface area contributed by atoms with E-state index in [0.717, 1.165) is 6.07 Å². The number of thiol groups is 1. The van der Waals surface area contributed by atoms with E-state index in [9.17, 15) is 13.6 Å². The van der Waals surface area contributed by atoms with Crippen molar-refractivity contribution in [1.29, 1.82) is 0 Å². The van der Waals surface area contributed by atoms with Gasteiger partial charge in [-0.3, -0.25) is 0 Å². The fraction of sp³-hybridized carbons (Fsp3) is 0. The molecule has 88 valence electrons. The van der Waals surface area contributed by atoms with Crippen molar-refractivity contribution in [2.45, 2.75) is 5.03 Å². The van der Waals surface area contributed by atoms with Crippen LogP contribution in [0.1, 0.15) is 10.4 Å². The normalized spacial score (nSPS) is 10.5. The van der Waals surface area contributed by atoms with Crippen LogP contribution in [0.15, 0.2) is 29.4 Å². The Labute approximate surface area is 101 Å². The van der Waals surface area contributed by atoms with Crippen molar-refractivity contribution in [3.8, 4) is 11.1 Å². The van der Waals surface area contributed by atoms with Crippen LogP contribution in [0.4, 0.5) is 8.78 Å². The summed E-state index contributed by atoms with van der Waals surface area (Å²) in [6.07, 6.45) is 1.47. The second kappa shape index (κ2) is 4.21. The lowest BCUT2D eigenvalue weighted by atomic mass is 10.0. The molecule has 1 heterocycles. The van der Waals surface area contributed by atoms with Crippen LogP contribution >= 0.6 is 12.6 Å². The Bertz CT molecular complexity index is 595. The van der Waals surface area contributed by atoms with Gasteiger partial charge in [0.1, 0.15) is 0 Å². The molecular formula is C11H7F2NO2S. The van der Waals surface area contributed by atoms with E-state index >= 15 is 0 Å². The average molecular weight is 255 g/mol. The highest BCUT2D eigenvalue weighted by Gasteiger charge is 2.17. The highest BCUT2D eigenvalue weighted by Crippen LogP contribution is 2.27. The number of carboxylic acid groups (broad SMARTS) is 1. The largest absolute Gasteiger partial charge is 0.478 e. The van der Waals surface area contributed by atoms with Crippen LogP contribution in [0.3, 0.4) is 0 Å². The van der Waals surface area contributed by atoms with Gasteiger partial charge in [0.15, 0.2) is 11.6 Å². The molecule has 0 amide bonds. The van der Waals surface area contributed by atoms with Crippen LogP contribution < -0.4 is 0 Å². The quantitative estimate of drug-likeness (QED) is 0.723. The summed E-state index contributed by atoms with van der Waals surface area (Å²) in [5, 5.41) is 9.43. The number of aromatic amines is 1. The van der Waals surface area contributed by atoms with Crippen molar-refractivity contribution in [2.24, 2.45) is 0 Å². The first-order chi connectivity index (χ1) is 7.99. The van der Waals surface area contributed by atoms with Crippen molar-refractivity contribution >= 4 is 18.6 Å². The monoisotopic (exact) mass is 255 g/mol. The van der Waals surface area contributed by atoms with Gasteiger partial charge in [0, 0.05) is 17.3 Å². The molecule has 17 heavy (non-hydrogen) atoms. The first kappa shape index (κ1) is 11.7. The maximum absolute atomic E-state index is 13.1. The average Bonchev–Trinajstić information content (AvgIpc) is 2.68. The van der Waals surface area contributed by atoms with Gasteiger partial charge in [0.25, 0.3) is 0 Å². The molecule has 2 N–H and O–H groups in total. The van der Waals surface area contributed by atoms with Crippen LogP contribution in [0.5, 0.6) is 0 Å². The van der Waals surface area contributed by atoms with Gasteiger partial charge in [0.05, 0.1) is 10.6 Å². The van der Waals surface area contributed by atoms with Gasteiger partial charge >= 0.3 is 5.97 Å². The molecule has 2 aromatic rings. The number of aromatic carboxylic acids is 1. The molecular weight excluding hydrogens is 248 g/mol. The second-order valence-corrected chi connectivity index (χ2v) is 3.87. The van der Waals surface area contributed by atoms with E-state index in [-0.39, 0.29) is 11.1 Å². The first-order valence-corrected chi connectivity index (χ1v) is 5.04. The number of nitrogens with one attached hydrogen (secondary N) is 1. The topological polar surface area (TPSA) is 53.1 Å². The Balaban J connectivity index is 2.67. The van der Waals surface area contributed by atoms with Crippen LogP contribution in [0, 0.1) is 11.6 Å². The van der Waals surface area contributed by atoms with Crippen molar-refractivity contribution in [3.63, 3.8) is 0 Å². The Morgan fingerprint density at radius 3 is 2.41 bits per heavy atom. The lowest BCUT2D eigenvalue weighted by molar-refractivity contribution is 0.0697. The van der Waals surface area contributed by atoms with E-state index in [1.54, 1.807) is 0 Å². The molecule has 0 aliphatic rings. The van der Waals surface area contributed by atoms with E-state index in [4.69, 9.17) is 5.11 Å². The summed E-state index contributed by atoms with van der Waals surface area (Å²) >= 11 is 4.02. The summed E-state index contributed by atoms with van der Waals surface area (Å²) in [6, 6.07) is 3.05. The lowest BCUT2D eigenvalue weighted by Crippen LogP contribution is -2.02. The summed E-state index contributed by atoms with van der Waals surface area (Å²) < 4.78 is 26.1. The van der Waals surface area contributed by atoms with E-state index in [2.05, 4.69) is 17.6 Å². The van der Waals surface area contributed by atoms with Crippen molar-refractivity contribution in [1.82, 2.24) is 4.98 Å². The molecule has 0 radical (unpaired) electrons. The number of rotatable bonds is 2. The predicted molar refractivity (Wildman–Crippen MR) is 60.4 cm³/mol. The maximum atomic E-state index is 13.1. The second-order valence-electron chi connectivity index (χ2n) is 3.39. The third kappa shape index (κ3) is 2.16. The number of halogens is 2. The van der Waals surface area contributed by atoms with Crippen LogP contribution in [-0.4, -0.2) is 16.1 Å². The minimum absolute atomic E-state index is 0.105. The number of carbonyl (C=O) groups is 1. The van der Waals surface area contributed by atoms with Gasteiger partial charge < -0.3 is 10.1 Å². The van der Waals surface area contributed by atoms with Crippen LogP contribution in [0.2, 0.25) is 0 Å². The molecule has 0 atom stereocenters. The fourth-order valence-electron chi connectivity index (χ4n) is 1.50. The molecule has 1 aromatic carbocycles. The minimum Gasteiger partial charge on any atom is -0.478 e. The molecule has 0 spiro atoms. The van der Waals surface area contributed by atoms with Crippen LogP contribution in [-0.2, 0) is 0 Å². The van der Waals surface area contributed by atoms with Crippen molar-refractivity contribution in [2.75, 3.05) is 0 Å². The molecule has 2 rings (SSSR count). The highest BCUT2D eigenvalue weighted by atomic mass is 32.1. The number of benzene rings is 1. The fourth-order valence-corrected chi connectivity index (χ4v) is 1.70. The number of hydrogen-bond acceptors (Lipinski definition) is 2. The Hall–Kier alpha value is -1.82. The predicted octanol–water partition coefficient (Wildman–Crippen LogP) is 2.95. The van der Waals surface area contributed by atoms with E-state index < -0.39 is 17.6 Å². The van der Waals surface area contributed by atoms with Gasteiger partial charge in [-0.15, -0.1) is 12.6 Å². The minimum atomic E-state index is -1.32. The zero-order valence-corrected chi connectivity index (χ0v) is 9.26. The SMILES string of the molecule is O=C(O)c1cc(F)c(F)cc1-c1c[nH]c(S)c1. The molecule has 6 heteroatoms. The number of carboxylic acids is 1. The zero-order chi connectivity index (χ0) is 12.6. The first-order valence-electron chi connectivity index (χ1n) is 4.59. The smallest absolute Gasteiger partial charge is 0.336 e. The standard InChI is InChI=1S/C11H7F2NO2S/c12-8-2-6(5-1-10(17)14-4-5)7(11(15)16)3-9(8)13/h1-4,14,17H,(H,15,16). The number of hydrogen-bond donors (Lipinski definition) is 3. The lowest BCUT2D eigenvalue weighted by Gasteiger charge is -2.05. The molecule has 0 unspecified atom stereocenters. The third-order valence-electron chi connectivity index (χ3n) is 2.27. The molecule has 0 saturated heterocycles. The maximum Gasteiger partial charge on any atom is 0.336 e. The van der Waals surface area contributed by atoms with Gasteiger partial charge in [-0.1, -0.05) is 0 Å². The third-order valence-corrected chi connectivity index (χ3v) is 2.53. The zero-order valence-electron chi connectivity index (χ0n) is 8.37. The molecule has 0 saturated carbocycles. The van der Waals surface area contributed by atoms with E-state index in [0.29, 0.717) is 16.7 Å². The number of H-pyrrole nitrogens is 1. The summed E-state index contributed by atoms with van der Waals surface area (Å²) in [5.74, 6) is -3.60. The van der Waals surface area contributed by atoms with Gasteiger partial charge in [-0.2, -0.15) is 0 Å². The van der Waals surface area contributed by atoms with Gasteiger partial charge in [-0.05, 0) is 18.2 Å². The summed E-state index contributed by atoms with van der Waals surface area (Å²) in [5.41, 5.74) is 0.246. The Morgan fingerprint density at radius 1 is 1.24 bits per heavy atom. The van der Waals surface area contributed by atoms with Crippen molar-refractivity contribution in [3.05, 3.63) is 41.6 Å². The van der Waals surface area contributed by atoms with Gasteiger partial charge in [0.2, 0.25) is 0 Å². The molecule has 0 fully saturated rings. The molecule has 1 aromatic heterocycles. The molecule has 0 aliphatic heterocycles. The Morgan fingerprint density at radius 2 is 1.88 bits per heavy atom. The van der Waals surface area contributed by atoms with E-state index in [1.807, 2.05) is 0 Å². The summed E-state index contributed by atoms with van der Waals surface area (Å²) in [7, 11) is 0. The number of aromatic nitrogens is 1. The highest BCUT2D eigenvalue weighted by molar-refractivity contribution is 7.80. The Kier molecular flexibility index (Phi) is 2.89. The van der Waals surface area contributed by atoms with Crippen molar-refractivity contribution < 1.29 is 18.7 Å². The summed E-state index contributed by atoms with van der Waals surface area (Å²) in [6.45, 7) is 0. The van der Waals surface area contributed by atoms with Gasteiger partial charge in [-0.25, -0.2) is 13.6 Å².